The normalized spacial score (nSPS) is 17.7. The molecule has 2 aromatic rings. The van der Waals surface area contributed by atoms with Gasteiger partial charge in [-0.05, 0) is 18.2 Å². The molecule has 0 unspecified atom stereocenters. The molecule has 1 aliphatic heterocycles. The summed E-state index contributed by atoms with van der Waals surface area (Å²) in [7, 11) is -2.07. The van der Waals surface area contributed by atoms with Crippen LogP contribution in [0.15, 0.2) is 53.6 Å². The lowest BCUT2D eigenvalue weighted by molar-refractivity contribution is 0.365. The van der Waals surface area contributed by atoms with E-state index in [0.29, 0.717) is 23.4 Å². The highest BCUT2D eigenvalue weighted by molar-refractivity contribution is 7.88. The van der Waals surface area contributed by atoms with Crippen LogP contribution in [0.2, 0.25) is 0 Å². The highest BCUT2D eigenvalue weighted by Crippen LogP contribution is 2.36. The van der Waals surface area contributed by atoms with Crippen LogP contribution in [0.1, 0.15) is 23.6 Å². The van der Waals surface area contributed by atoms with Crippen molar-refractivity contribution in [3.05, 3.63) is 65.5 Å². The molecule has 0 amide bonds. The van der Waals surface area contributed by atoms with Crippen molar-refractivity contribution in [1.29, 1.82) is 0 Å². The lowest BCUT2D eigenvalue weighted by atomic mass is 9.98. The fraction of sp³-hybridized carbons (Fsp3) is 0.235. The first-order valence-electron chi connectivity index (χ1n) is 7.36. The zero-order valence-electron chi connectivity index (χ0n) is 13.3. The summed E-state index contributed by atoms with van der Waals surface area (Å²) in [6, 6.07) is 12.7. The lowest BCUT2D eigenvalue weighted by Crippen LogP contribution is -2.26. The van der Waals surface area contributed by atoms with E-state index < -0.39 is 21.9 Å². The molecule has 24 heavy (non-hydrogen) atoms. The van der Waals surface area contributed by atoms with E-state index >= 15 is 0 Å². The Bertz CT molecular complexity index is 896. The fourth-order valence-corrected chi connectivity index (χ4v) is 3.65. The number of hydrogen-bond acceptors (Lipinski definition) is 4. The predicted octanol–water partition coefficient (Wildman–Crippen LogP) is 2.95. The molecule has 0 N–H and O–H groups in total. The first-order valence-corrected chi connectivity index (χ1v) is 9.20. The van der Waals surface area contributed by atoms with Gasteiger partial charge in [0.25, 0.3) is 0 Å². The van der Waals surface area contributed by atoms with Gasteiger partial charge in [-0.1, -0.05) is 30.3 Å². The second-order valence-corrected chi connectivity index (χ2v) is 7.40. The van der Waals surface area contributed by atoms with E-state index in [9.17, 15) is 12.8 Å². The lowest BCUT2D eigenvalue weighted by Gasteiger charge is -2.21. The largest absolute Gasteiger partial charge is 0.497 e. The summed E-state index contributed by atoms with van der Waals surface area (Å²) in [5.74, 6) is 0.202. The number of benzene rings is 2. The Kier molecular flexibility index (Phi) is 4.28. The second kappa shape index (κ2) is 6.24. The number of halogens is 1. The van der Waals surface area contributed by atoms with Crippen molar-refractivity contribution < 1.29 is 17.5 Å². The number of ether oxygens (including phenoxy) is 1. The van der Waals surface area contributed by atoms with Gasteiger partial charge in [0.2, 0.25) is 10.0 Å². The van der Waals surface area contributed by atoms with Crippen LogP contribution in [0.3, 0.4) is 0 Å². The van der Waals surface area contributed by atoms with Crippen molar-refractivity contribution in [2.75, 3.05) is 13.4 Å². The molecular formula is C17H17FN2O3S. The Labute approximate surface area is 140 Å². The zero-order valence-corrected chi connectivity index (χ0v) is 14.1. The number of sulfonamides is 1. The van der Waals surface area contributed by atoms with Gasteiger partial charge >= 0.3 is 0 Å². The van der Waals surface area contributed by atoms with Crippen LogP contribution in [-0.2, 0) is 10.0 Å². The van der Waals surface area contributed by atoms with Crippen LogP contribution in [0, 0.1) is 5.82 Å². The molecule has 0 fully saturated rings. The first-order chi connectivity index (χ1) is 11.4. The standard InChI is InChI=1S/C17H17FN2O3S/c1-23-13-7-5-6-12(10-13)16-11-17(20(19-16)24(2,21)22)14-8-3-4-9-15(14)18/h3-10,17H,11H2,1-2H3/t17-/m0/s1. The number of methoxy groups -OCH3 is 1. The average Bonchev–Trinajstić information content (AvgIpc) is 3.01. The van der Waals surface area contributed by atoms with Gasteiger partial charge < -0.3 is 4.74 Å². The molecule has 5 nitrogen and oxygen atoms in total. The van der Waals surface area contributed by atoms with Gasteiger partial charge in [-0.15, -0.1) is 0 Å². The van der Waals surface area contributed by atoms with Crippen LogP contribution in [0.5, 0.6) is 5.75 Å². The highest BCUT2D eigenvalue weighted by atomic mass is 32.2. The summed E-state index contributed by atoms with van der Waals surface area (Å²) < 4.78 is 44.5. The molecule has 1 heterocycles. The van der Waals surface area contributed by atoms with Crippen LogP contribution in [0.25, 0.3) is 0 Å². The summed E-state index contributed by atoms with van der Waals surface area (Å²) in [5.41, 5.74) is 1.64. The minimum Gasteiger partial charge on any atom is -0.497 e. The summed E-state index contributed by atoms with van der Waals surface area (Å²) in [6.07, 6.45) is 1.36. The maximum atomic E-state index is 14.2. The molecule has 0 bridgehead atoms. The van der Waals surface area contributed by atoms with Gasteiger partial charge in [0.1, 0.15) is 11.6 Å². The van der Waals surface area contributed by atoms with Crippen molar-refractivity contribution in [2.24, 2.45) is 5.10 Å². The Morgan fingerprint density at radius 3 is 2.62 bits per heavy atom. The molecular weight excluding hydrogens is 331 g/mol. The summed E-state index contributed by atoms with van der Waals surface area (Å²) in [4.78, 5) is 0. The van der Waals surface area contributed by atoms with Crippen LogP contribution in [-0.4, -0.2) is 31.9 Å². The van der Waals surface area contributed by atoms with Gasteiger partial charge in [-0.3, -0.25) is 0 Å². The summed E-state index contributed by atoms with van der Waals surface area (Å²) in [5, 5.41) is 4.24. The van der Waals surface area contributed by atoms with E-state index in [1.165, 1.54) is 6.07 Å². The monoisotopic (exact) mass is 348 g/mol. The topological polar surface area (TPSA) is 59.0 Å². The third-order valence-corrected chi connectivity index (χ3v) is 4.90. The molecule has 0 saturated carbocycles. The van der Waals surface area contributed by atoms with E-state index in [-0.39, 0.29) is 0 Å². The van der Waals surface area contributed by atoms with Crippen molar-refractivity contribution in [3.8, 4) is 5.75 Å². The van der Waals surface area contributed by atoms with Crippen molar-refractivity contribution in [3.63, 3.8) is 0 Å². The third-order valence-electron chi connectivity index (χ3n) is 3.88. The minimum atomic E-state index is -3.63. The summed E-state index contributed by atoms with van der Waals surface area (Å²) >= 11 is 0. The van der Waals surface area contributed by atoms with Crippen molar-refractivity contribution >= 4 is 15.7 Å². The minimum absolute atomic E-state index is 0.293. The second-order valence-electron chi connectivity index (χ2n) is 5.56. The molecule has 1 atom stereocenters. The quantitative estimate of drug-likeness (QED) is 0.853. The molecule has 0 aromatic heterocycles. The molecule has 1 aliphatic rings. The van der Waals surface area contributed by atoms with Gasteiger partial charge in [0.15, 0.2) is 0 Å². The number of nitrogens with zero attached hydrogens (tertiary/aromatic N) is 2. The zero-order chi connectivity index (χ0) is 17.3. The fourth-order valence-electron chi connectivity index (χ4n) is 2.75. The molecule has 0 saturated heterocycles. The highest BCUT2D eigenvalue weighted by Gasteiger charge is 2.35. The van der Waals surface area contributed by atoms with E-state index in [4.69, 9.17) is 4.74 Å². The van der Waals surface area contributed by atoms with Crippen molar-refractivity contribution in [1.82, 2.24) is 4.41 Å². The molecule has 2 aromatic carbocycles. The SMILES string of the molecule is COc1cccc(C2=NN(S(C)(=O)=O)[C@H](c3ccccc3F)C2)c1. The molecule has 0 radical (unpaired) electrons. The molecule has 0 spiro atoms. The molecule has 126 valence electrons. The van der Waals surface area contributed by atoms with Crippen LogP contribution in [0.4, 0.5) is 4.39 Å². The third kappa shape index (κ3) is 3.12. The van der Waals surface area contributed by atoms with Gasteiger partial charge in [-0.2, -0.15) is 9.52 Å². The van der Waals surface area contributed by atoms with Gasteiger partial charge in [0, 0.05) is 17.5 Å². The van der Waals surface area contributed by atoms with Crippen molar-refractivity contribution in [2.45, 2.75) is 12.5 Å². The number of hydrogen-bond donors (Lipinski definition) is 0. The van der Waals surface area contributed by atoms with E-state index in [2.05, 4.69) is 5.10 Å². The molecule has 0 aliphatic carbocycles. The van der Waals surface area contributed by atoms with Gasteiger partial charge in [0.05, 0.1) is 25.1 Å². The Morgan fingerprint density at radius 2 is 1.96 bits per heavy atom. The maximum absolute atomic E-state index is 14.2. The molecule has 3 rings (SSSR count). The smallest absolute Gasteiger partial charge is 0.247 e. The average molecular weight is 348 g/mol. The molecule has 7 heteroatoms. The van der Waals surface area contributed by atoms with E-state index in [1.54, 1.807) is 43.5 Å². The Balaban J connectivity index is 2.04. The van der Waals surface area contributed by atoms with Gasteiger partial charge in [-0.25, -0.2) is 12.8 Å². The Hall–Kier alpha value is -2.41. The predicted molar refractivity (Wildman–Crippen MR) is 90.0 cm³/mol. The maximum Gasteiger partial charge on any atom is 0.247 e. The number of hydrazone groups is 1. The first kappa shape index (κ1) is 16.4. The van der Waals surface area contributed by atoms with Crippen LogP contribution < -0.4 is 4.74 Å². The Morgan fingerprint density at radius 1 is 1.21 bits per heavy atom. The van der Waals surface area contributed by atoms with E-state index in [0.717, 1.165) is 16.2 Å². The van der Waals surface area contributed by atoms with E-state index in [1.807, 2.05) is 6.07 Å². The summed E-state index contributed by atoms with van der Waals surface area (Å²) in [6.45, 7) is 0. The van der Waals surface area contributed by atoms with Crippen LogP contribution >= 0.6 is 0 Å². The number of rotatable bonds is 4.